The second-order valence-corrected chi connectivity index (χ2v) is 3.33. The van der Waals surface area contributed by atoms with Crippen LogP contribution in [0.15, 0.2) is 54.6 Å². The monoisotopic (exact) mass is 211 g/mol. The molecule has 0 atom stereocenters. The van der Waals surface area contributed by atoms with Gasteiger partial charge in [0.2, 0.25) is 0 Å². The van der Waals surface area contributed by atoms with Crippen molar-refractivity contribution in [1.82, 2.24) is 0 Å². The summed E-state index contributed by atoms with van der Waals surface area (Å²) in [5.74, 6) is -0.308. The van der Waals surface area contributed by atoms with E-state index in [2.05, 4.69) is 6.07 Å². The average molecular weight is 211 g/mol. The zero-order valence-corrected chi connectivity index (χ0v) is 8.72. The second kappa shape index (κ2) is 5.12. The number of esters is 1. The molecule has 0 bridgehead atoms. The highest BCUT2D eigenvalue weighted by atomic mass is 16.5. The number of hydrogen-bond donors (Lipinski definition) is 0. The van der Waals surface area contributed by atoms with E-state index in [1.54, 1.807) is 18.2 Å². The summed E-state index contributed by atoms with van der Waals surface area (Å²) >= 11 is 0. The lowest BCUT2D eigenvalue weighted by Gasteiger charge is -2.04. The number of hydrogen-bond acceptors (Lipinski definition) is 2. The fourth-order valence-corrected chi connectivity index (χ4v) is 1.32. The zero-order valence-electron chi connectivity index (χ0n) is 8.72. The van der Waals surface area contributed by atoms with Crippen molar-refractivity contribution < 1.29 is 9.53 Å². The number of rotatable bonds is 3. The molecule has 0 aliphatic carbocycles. The van der Waals surface area contributed by atoms with Crippen LogP contribution >= 0.6 is 0 Å². The van der Waals surface area contributed by atoms with Gasteiger partial charge in [-0.2, -0.15) is 0 Å². The molecule has 2 rings (SSSR count). The van der Waals surface area contributed by atoms with Crippen LogP contribution in [0.5, 0.6) is 0 Å². The van der Waals surface area contributed by atoms with E-state index in [0.717, 1.165) is 5.56 Å². The Balaban J connectivity index is 1.95. The normalized spacial score (nSPS) is 9.75. The van der Waals surface area contributed by atoms with E-state index < -0.39 is 0 Å². The molecular formula is C14H11O2. The predicted octanol–water partition coefficient (Wildman–Crippen LogP) is 2.84. The van der Waals surface area contributed by atoms with E-state index in [1.807, 2.05) is 36.4 Å². The molecule has 0 saturated carbocycles. The van der Waals surface area contributed by atoms with Crippen LogP contribution in [0.1, 0.15) is 15.9 Å². The van der Waals surface area contributed by atoms with Gasteiger partial charge in [0.25, 0.3) is 0 Å². The Hall–Kier alpha value is -2.09. The molecule has 79 valence electrons. The smallest absolute Gasteiger partial charge is 0.338 e. The molecule has 0 fully saturated rings. The number of carbonyl (C=O) groups excluding carboxylic acids is 1. The SMILES string of the molecule is O=C(OCc1[c]cccc1)c1ccccc1. The zero-order chi connectivity index (χ0) is 11.2. The first-order valence-electron chi connectivity index (χ1n) is 5.04. The maximum Gasteiger partial charge on any atom is 0.338 e. The summed E-state index contributed by atoms with van der Waals surface area (Å²) in [4.78, 5) is 11.6. The second-order valence-electron chi connectivity index (χ2n) is 3.33. The van der Waals surface area contributed by atoms with Gasteiger partial charge in [-0.15, -0.1) is 0 Å². The van der Waals surface area contributed by atoms with Gasteiger partial charge < -0.3 is 4.74 Å². The molecule has 0 amide bonds. The van der Waals surface area contributed by atoms with Gasteiger partial charge in [0, 0.05) is 0 Å². The van der Waals surface area contributed by atoms with E-state index in [9.17, 15) is 4.79 Å². The molecule has 16 heavy (non-hydrogen) atoms. The molecule has 0 saturated heterocycles. The van der Waals surface area contributed by atoms with E-state index in [-0.39, 0.29) is 12.6 Å². The lowest BCUT2D eigenvalue weighted by molar-refractivity contribution is 0.0472. The molecule has 2 aromatic rings. The van der Waals surface area contributed by atoms with Gasteiger partial charge in [-0.1, -0.05) is 42.5 Å². The summed E-state index contributed by atoms with van der Waals surface area (Å²) in [6.07, 6.45) is 0. The van der Waals surface area contributed by atoms with Gasteiger partial charge in [-0.05, 0) is 23.8 Å². The van der Waals surface area contributed by atoms with Gasteiger partial charge >= 0.3 is 5.97 Å². The minimum Gasteiger partial charge on any atom is -0.457 e. The Bertz CT molecular complexity index is 449. The third kappa shape index (κ3) is 2.70. The molecule has 2 nitrogen and oxygen atoms in total. The standard InChI is InChI=1S/C14H11O2/c15-14(13-9-5-2-6-10-13)16-11-12-7-3-1-4-8-12/h1-7,9-10H,11H2. The Morgan fingerprint density at radius 3 is 2.50 bits per heavy atom. The van der Waals surface area contributed by atoms with Crippen molar-refractivity contribution in [2.24, 2.45) is 0 Å². The van der Waals surface area contributed by atoms with Crippen molar-refractivity contribution in [2.45, 2.75) is 6.61 Å². The molecule has 2 heteroatoms. The molecule has 0 spiro atoms. The topological polar surface area (TPSA) is 26.3 Å². The average Bonchev–Trinajstić information content (AvgIpc) is 2.38. The van der Waals surface area contributed by atoms with Crippen LogP contribution in [-0.2, 0) is 11.3 Å². The largest absolute Gasteiger partial charge is 0.457 e. The van der Waals surface area contributed by atoms with Crippen molar-refractivity contribution in [3.05, 3.63) is 71.8 Å². The van der Waals surface area contributed by atoms with Crippen LogP contribution in [0.4, 0.5) is 0 Å². The molecule has 0 heterocycles. The van der Waals surface area contributed by atoms with Crippen LogP contribution in [0.25, 0.3) is 0 Å². The van der Waals surface area contributed by atoms with Gasteiger partial charge in [0.1, 0.15) is 6.61 Å². The summed E-state index contributed by atoms with van der Waals surface area (Å²) in [5, 5.41) is 0. The first kappa shape index (κ1) is 10.4. The van der Waals surface area contributed by atoms with Crippen LogP contribution in [0.2, 0.25) is 0 Å². The minimum absolute atomic E-state index is 0.258. The van der Waals surface area contributed by atoms with Crippen LogP contribution in [0.3, 0.4) is 0 Å². The van der Waals surface area contributed by atoms with E-state index in [1.165, 1.54) is 0 Å². The first-order valence-corrected chi connectivity index (χ1v) is 5.04. The molecule has 0 aromatic heterocycles. The van der Waals surface area contributed by atoms with Crippen LogP contribution in [0, 0.1) is 6.07 Å². The van der Waals surface area contributed by atoms with Crippen molar-refractivity contribution in [1.29, 1.82) is 0 Å². The van der Waals surface area contributed by atoms with E-state index in [4.69, 9.17) is 4.74 Å². The van der Waals surface area contributed by atoms with E-state index >= 15 is 0 Å². The highest BCUT2D eigenvalue weighted by Gasteiger charge is 2.05. The van der Waals surface area contributed by atoms with Crippen molar-refractivity contribution in [2.75, 3.05) is 0 Å². The lowest BCUT2D eigenvalue weighted by atomic mass is 10.2. The molecular weight excluding hydrogens is 200 g/mol. The Kier molecular flexibility index (Phi) is 3.34. The molecule has 2 aromatic carbocycles. The number of ether oxygens (including phenoxy) is 1. The highest BCUT2D eigenvalue weighted by Crippen LogP contribution is 2.05. The maximum absolute atomic E-state index is 11.6. The maximum atomic E-state index is 11.6. The molecule has 0 aliphatic heterocycles. The Labute approximate surface area is 94.5 Å². The lowest BCUT2D eigenvalue weighted by Crippen LogP contribution is -2.04. The molecule has 1 radical (unpaired) electrons. The first-order chi connectivity index (χ1) is 7.86. The third-order valence-corrected chi connectivity index (χ3v) is 2.14. The van der Waals surface area contributed by atoms with Gasteiger partial charge in [-0.3, -0.25) is 0 Å². The summed E-state index contributed by atoms with van der Waals surface area (Å²) < 4.78 is 5.14. The quantitative estimate of drug-likeness (QED) is 0.730. The fourth-order valence-electron chi connectivity index (χ4n) is 1.32. The highest BCUT2D eigenvalue weighted by molar-refractivity contribution is 5.89. The van der Waals surface area contributed by atoms with Gasteiger partial charge in [0.15, 0.2) is 0 Å². The molecule has 0 aliphatic rings. The summed E-state index contributed by atoms with van der Waals surface area (Å²) in [6, 6.07) is 19.4. The molecule has 0 unspecified atom stereocenters. The molecule has 0 N–H and O–H groups in total. The predicted molar refractivity (Wildman–Crippen MR) is 60.8 cm³/mol. The Morgan fingerprint density at radius 2 is 1.81 bits per heavy atom. The minimum atomic E-state index is -0.308. The summed E-state index contributed by atoms with van der Waals surface area (Å²) in [6.45, 7) is 0.258. The number of benzene rings is 2. The van der Waals surface area contributed by atoms with Crippen molar-refractivity contribution in [3.8, 4) is 0 Å². The fraction of sp³-hybridized carbons (Fsp3) is 0.0714. The third-order valence-electron chi connectivity index (χ3n) is 2.14. The van der Waals surface area contributed by atoms with Gasteiger partial charge in [-0.25, -0.2) is 4.79 Å². The van der Waals surface area contributed by atoms with Crippen molar-refractivity contribution >= 4 is 5.97 Å². The van der Waals surface area contributed by atoms with Crippen molar-refractivity contribution in [3.63, 3.8) is 0 Å². The van der Waals surface area contributed by atoms with E-state index in [0.29, 0.717) is 5.56 Å². The van der Waals surface area contributed by atoms with Crippen LogP contribution in [-0.4, -0.2) is 5.97 Å². The summed E-state index contributed by atoms with van der Waals surface area (Å²) in [5.41, 5.74) is 1.44. The Morgan fingerprint density at radius 1 is 1.06 bits per heavy atom. The summed E-state index contributed by atoms with van der Waals surface area (Å²) in [7, 11) is 0. The number of carbonyl (C=O) groups is 1. The van der Waals surface area contributed by atoms with Crippen LogP contribution < -0.4 is 0 Å². The van der Waals surface area contributed by atoms with Gasteiger partial charge in [0.05, 0.1) is 5.56 Å².